The van der Waals surface area contributed by atoms with Gasteiger partial charge in [-0.05, 0) is 48.9 Å². The first-order chi connectivity index (χ1) is 10.6. The molecule has 0 aliphatic heterocycles. The Kier molecular flexibility index (Phi) is 3.83. The van der Waals surface area contributed by atoms with Crippen molar-refractivity contribution in [2.24, 2.45) is 0 Å². The number of carbonyl (C=O) groups excluding carboxylic acids is 1. The predicted octanol–water partition coefficient (Wildman–Crippen LogP) is 3.65. The van der Waals surface area contributed by atoms with Crippen LogP contribution in [0.15, 0.2) is 65.5 Å². The van der Waals surface area contributed by atoms with Crippen LogP contribution in [-0.2, 0) is 6.54 Å². The second kappa shape index (κ2) is 5.93. The lowest BCUT2D eigenvalue weighted by molar-refractivity contribution is 0.0775. The average Bonchev–Trinajstić information content (AvgIpc) is 3.20. The topological polar surface area (TPSA) is 38.4 Å². The van der Waals surface area contributed by atoms with E-state index in [0.717, 1.165) is 17.0 Å². The molecule has 3 rings (SSSR count). The first-order valence-corrected chi connectivity index (χ1v) is 7.17. The molecule has 22 heavy (non-hydrogen) atoms. The van der Waals surface area contributed by atoms with Crippen molar-refractivity contribution in [1.82, 2.24) is 9.47 Å². The Bertz CT molecular complexity index is 759. The second-order valence-corrected chi connectivity index (χ2v) is 5.33. The molecule has 3 aromatic rings. The van der Waals surface area contributed by atoms with Crippen molar-refractivity contribution in [3.8, 4) is 5.69 Å². The highest BCUT2D eigenvalue weighted by Crippen LogP contribution is 2.18. The summed E-state index contributed by atoms with van der Waals surface area (Å²) in [6, 6.07) is 13.4. The summed E-state index contributed by atoms with van der Waals surface area (Å²) in [7, 11) is 1.78. The molecule has 0 bridgehead atoms. The first kappa shape index (κ1) is 14.2. The van der Waals surface area contributed by atoms with Gasteiger partial charge in [-0.3, -0.25) is 4.79 Å². The van der Waals surface area contributed by atoms with Crippen LogP contribution in [0.5, 0.6) is 0 Å². The SMILES string of the molecule is Cc1ccc(C(=O)N(C)Cc2ccco2)cc1-n1cccc1. The lowest BCUT2D eigenvalue weighted by Gasteiger charge is -2.17. The van der Waals surface area contributed by atoms with Crippen molar-refractivity contribution < 1.29 is 9.21 Å². The van der Waals surface area contributed by atoms with Gasteiger partial charge in [0, 0.05) is 30.7 Å². The predicted molar refractivity (Wildman–Crippen MR) is 85.0 cm³/mol. The summed E-state index contributed by atoms with van der Waals surface area (Å²) < 4.78 is 7.31. The Morgan fingerprint density at radius 2 is 1.95 bits per heavy atom. The van der Waals surface area contributed by atoms with E-state index >= 15 is 0 Å². The van der Waals surface area contributed by atoms with Gasteiger partial charge in [0.2, 0.25) is 0 Å². The normalized spacial score (nSPS) is 10.6. The minimum Gasteiger partial charge on any atom is -0.467 e. The van der Waals surface area contributed by atoms with E-state index in [1.54, 1.807) is 18.2 Å². The van der Waals surface area contributed by atoms with Gasteiger partial charge in [0.15, 0.2) is 0 Å². The average molecular weight is 294 g/mol. The lowest BCUT2D eigenvalue weighted by atomic mass is 10.1. The number of hydrogen-bond acceptors (Lipinski definition) is 2. The van der Waals surface area contributed by atoms with Crippen LogP contribution in [0.25, 0.3) is 5.69 Å². The molecule has 0 aliphatic rings. The minimum absolute atomic E-state index is 0.0233. The van der Waals surface area contributed by atoms with Crippen molar-refractivity contribution in [2.75, 3.05) is 7.05 Å². The van der Waals surface area contributed by atoms with Gasteiger partial charge in [0.25, 0.3) is 5.91 Å². The number of benzene rings is 1. The Morgan fingerprint density at radius 3 is 2.64 bits per heavy atom. The molecule has 0 fully saturated rings. The summed E-state index contributed by atoms with van der Waals surface area (Å²) in [5, 5.41) is 0. The number of hydrogen-bond donors (Lipinski definition) is 0. The largest absolute Gasteiger partial charge is 0.467 e. The van der Waals surface area contributed by atoms with Gasteiger partial charge < -0.3 is 13.9 Å². The third kappa shape index (κ3) is 2.81. The number of carbonyl (C=O) groups is 1. The van der Waals surface area contributed by atoms with Crippen LogP contribution in [0.2, 0.25) is 0 Å². The summed E-state index contributed by atoms with van der Waals surface area (Å²) in [5.41, 5.74) is 2.81. The molecule has 4 heteroatoms. The number of rotatable bonds is 4. The van der Waals surface area contributed by atoms with Crippen LogP contribution in [-0.4, -0.2) is 22.4 Å². The smallest absolute Gasteiger partial charge is 0.254 e. The highest BCUT2D eigenvalue weighted by molar-refractivity contribution is 5.94. The van der Waals surface area contributed by atoms with Crippen molar-refractivity contribution in [3.63, 3.8) is 0 Å². The monoisotopic (exact) mass is 294 g/mol. The fourth-order valence-electron chi connectivity index (χ4n) is 2.44. The fourth-order valence-corrected chi connectivity index (χ4v) is 2.44. The summed E-state index contributed by atoms with van der Waals surface area (Å²) in [6.07, 6.45) is 5.57. The molecular weight excluding hydrogens is 276 g/mol. The molecule has 0 saturated carbocycles. The van der Waals surface area contributed by atoms with Crippen LogP contribution in [0, 0.1) is 6.92 Å². The highest BCUT2D eigenvalue weighted by Gasteiger charge is 2.14. The third-order valence-electron chi connectivity index (χ3n) is 3.66. The number of nitrogens with zero attached hydrogens (tertiary/aromatic N) is 2. The van der Waals surface area contributed by atoms with Crippen molar-refractivity contribution in [1.29, 1.82) is 0 Å². The van der Waals surface area contributed by atoms with Gasteiger partial charge in [-0.1, -0.05) is 6.07 Å². The minimum atomic E-state index is -0.0233. The second-order valence-electron chi connectivity index (χ2n) is 5.33. The van der Waals surface area contributed by atoms with Crippen LogP contribution >= 0.6 is 0 Å². The zero-order valence-electron chi connectivity index (χ0n) is 12.7. The van der Waals surface area contributed by atoms with Gasteiger partial charge in [-0.15, -0.1) is 0 Å². The van der Waals surface area contributed by atoms with Gasteiger partial charge >= 0.3 is 0 Å². The molecule has 4 nitrogen and oxygen atoms in total. The molecule has 1 amide bonds. The molecule has 0 spiro atoms. The molecule has 0 aliphatic carbocycles. The van der Waals surface area contributed by atoms with Crippen molar-refractivity contribution >= 4 is 5.91 Å². The van der Waals surface area contributed by atoms with Gasteiger partial charge in [-0.25, -0.2) is 0 Å². The standard InChI is InChI=1S/C18H18N2O2/c1-14-7-8-15(12-17(14)20-9-3-4-10-20)18(21)19(2)13-16-6-5-11-22-16/h3-12H,13H2,1-2H3. The zero-order valence-corrected chi connectivity index (χ0v) is 12.7. The van der Waals surface area contributed by atoms with E-state index in [4.69, 9.17) is 4.42 Å². The van der Waals surface area contributed by atoms with Crippen LogP contribution in [0.1, 0.15) is 21.7 Å². The maximum Gasteiger partial charge on any atom is 0.254 e. The maximum atomic E-state index is 12.6. The third-order valence-corrected chi connectivity index (χ3v) is 3.66. The van der Waals surface area contributed by atoms with E-state index in [1.165, 1.54) is 0 Å². The van der Waals surface area contributed by atoms with E-state index in [1.807, 2.05) is 66.3 Å². The van der Waals surface area contributed by atoms with Crippen molar-refractivity contribution in [2.45, 2.75) is 13.5 Å². The van der Waals surface area contributed by atoms with E-state index in [2.05, 4.69) is 0 Å². The molecule has 0 unspecified atom stereocenters. The Hall–Kier alpha value is -2.75. The Morgan fingerprint density at radius 1 is 1.18 bits per heavy atom. The summed E-state index contributed by atoms with van der Waals surface area (Å²) in [4.78, 5) is 14.2. The van der Waals surface area contributed by atoms with Crippen LogP contribution in [0.3, 0.4) is 0 Å². The first-order valence-electron chi connectivity index (χ1n) is 7.17. The number of aromatic nitrogens is 1. The fraction of sp³-hybridized carbons (Fsp3) is 0.167. The number of aryl methyl sites for hydroxylation is 1. The molecule has 0 radical (unpaired) electrons. The van der Waals surface area contributed by atoms with Crippen LogP contribution < -0.4 is 0 Å². The van der Waals surface area contributed by atoms with E-state index < -0.39 is 0 Å². The Balaban J connectivity index is 1.85. The molecule has 0 N–H and O–H groups in total. The van der Waals surface area contributed by atoms with Gasteiger partial charge in [-0.2, -0.15) is 0 Å². The van der Waals surface area contributed by atoms with E-state index in [9.17, 15) is 4.79 Å². The van der Waals surface area contributed by atoms with Gasteiger partial charge in [0.1, 0.15) is 5.76 Å². The summed E-state index contributed by atoms with van der Waals surface area (Å²) >= 11 is 0. The van der Waals surface area contributed by atoms with Crippen molar-refractivity contribution in [3.05, 3.63) is 78.0 Å². The highest BCUT2D eigenvalue weighted by atomic mass is 16.3. The van der Waals surface area contributed by atoms with Gasteiger partial charge in [0.05, 0.1) is 12.8 Å². The molecule has 2 heterocycles. The summed E-state index contributed by atoms with van der Waals surface area (Å²) in [6.45, 7) is 2.49. The maximum absolute atomic E-state index is 12.6. The molecule has 1 aromatic carbocycles. The molecule has 112 valence electrons. The summed E-state index contributed by atoms with van der Waals surface area (Å²) in [5.74, 6) is 0.749. The quantitative estimate of drug-likeness (QED) is 0.736. The van der Waals surface area contributed by atoms with E-state index in [-0.39, 0.29) is 5.91 Å². The molecule has 2 aromatic heterocycles. The number of furan rings is 1. The van der Waals surface area contributed by atoms with E-state index in [0.29, 0.717) is 12.1 Å². The zero-order chi connectivity index (χ0) is 15.5. The molecular formula is C18H18N2O2. The Labute approximate surface area is 129 Å². The van der Waals surface area contributed by atoms with Crippen LogP contribution in [0.4, 0.5) is 0 Å². The molecule has 0 saturated heterocycles. The number of amides is 1. The molecule has 0 atom stereocenters. The lowest BCUT2D eigenvalue weighted by Crippen LogP contribution is -2.26.